The van der Waals surface area contributed by atoms with E-state index < -0.39 is 10.0 Å². The molecule has 3 rings (SSSR count). The van der Waals surface area contributed by atoms with E-state index in [2.05, 4.69) is 0 Å². The number of hydrogen-bond acceptors (Lipinski definition) is 2. The topological polar surface area (TPSA) is 41.8 Å². The van der Waals surface area contributed by atoms with E-state index in [0.29, 0.717) is 43.3 Å². The van der Waals surface area contributed by atoms with Gasteiger partial charge in [-0.3, -0.25) is 0 Å². The fourth-order valence-electron chi connectivity index (χ4n) is 2.96. The Morgan fingerprint density at radius 2 is 1.64 bits per heavy atom. The lowest BCUT2D eigenvalue weighted by atomic mass is 10.2. The summed E-state index contributed by atoms with van der Waals surface area (Å²) in [6, 6.07) is 11.1. The van der Waals surface area contributed by atoms with E-state index >= 15 is 0 Å². The Labute approximate surface area is 156 Å². The molecule has 0 saturated carbocycles. The molecule has 0 radical (unpaired) electrons. The largest absolute Gasteiger partial charge is 0.329 e. The highest BCUT2D eigenvalue weighted by Crippen LogP contribution is 2.24. The van der Waals surface area contributed by atoms with Crippen LogP contribution in [0.4, 0.5) is 4.39 Å². The van der Waals surface area contributed by atoms with Crippen LogP contribution < -0.4 is 4.90 Å². The van der Waals surface area contributed by atoms with Crippen LogP contribution in [0.25, 0.3) is 0 Å². The minimum Gasteiger partial charge on any atom is -0.329 e. The molecule has 1 aliphatic heterocycles. The molecule has 0 atom stereocenters. The van der Waals surface area contributed by atoms with Crippen molar-refractivity contribution in [3.8, 4) is 0 Å². The van der Waals surface area contributed by atoms with Gasteiger partial charge < -0.3 is 4.90 Å². The van der Waals surface area contributed by atoms with E-state index in [-0.39, 0.29) is 15.7 Å². The maximum Gasteiger partial charge on any atom is 0.244 e. The molecule has 1 N–H and O–H groups in total. The number of hydrogen-bond donors (Lipinski definition) is 1. The number of nitrogens with one attached hydrogen (secondary N) is 1. The Kier molecular flexibility index (Phi) is 5.65. The monoisotopic (exact) mass is 403 g/mol. The third-order valence-electron chi connectivity index (χ3n) is 4.37. The van der Waals surface area contributed by atoms with Gasteiger partial charge in [0.2, 0.25) is 10.0 Å². The van der Waals surface area contributed by atoms with Crippen LogP contribution in [0.5, 0.6) is 0 Å². The summed E-state index contributed by atoms with van der Waals surface area (Å²) in [5.41, 5.74) is 0.474. The van der Waals surface area contributed by atoms with Gasteiger partial charge in [0.1, 0.15) is 17.3 Å². The van der Waals surface area contributed by atoms with Crippen LogP contribution in [0.15, 0.2) is 47.4 Å². The number of nitrogens with zero attached hydrogens (tertiary/aromatic N) is 1. The number of rotatable bonds is 4. The lowest BCUT2D eigenvalue weighted by Gasteiger charge is -2.31. The van der Waals surface area contributed by atoms with Crippen molar-refractivity contribution >= 4 is 33.2 Å². The van der Waals surface area contributed by atoms with Crippen molar-refractivity contribution in [2.75, 3.05) is 26.2 Å². The zero-order valence-corrected chi connectivity index (χ0v) is 15.7. The van der Waals surface area contributed by atoms with Crippen molar-refractivity contribution in [3.63, 3.8) is 0 Å². The molecule has 1 saturated heterocycles. The fraction of sp³-hybridized carbons (Fsp3) is 0.294. The lowest BCUT2D eigenvalue weighted by Crippen LogP contribution is -3.13. The zero-order valence-electron chi connectivity index (χ0n) is 13.4. The average molecular weight is 404 g/mol. The predicted octanol–water partition coefficient (Wildman–Crippen LogP) is 2.22. The molecule has 0 amide bonds. The molecule has 25 heavy (non-hydrogen) atoms. The molecule has 1 heterocycles. The molecule has 0 aromatic heterocycles. The summed E-state index contributed by atoms with van der Waals surface area (Å²) in [6.07, 6.45) is 0. The summed E-state index contributed by atoms with van der Waals surface area (Å²) in [5.74, 6) is -0.328. The van der Waals surface area contributed by atoms with Gasteiger partial charge in [-0.15, -0.1) is 0 Å². The van der Waals surface area contributed by atoms with Crippen LogP contribution in [-0.4, -0.2) is 38.9 Å². The number of benzene rings is 2. The first kappa shape index (κ1) is 18.6. The molecule has 0 spiro atoms. The molecule has 0 aliphatic carbocycles. The SMILES string of the molecule is O=S(=O)(c1ccccc1Cl)N1CC[NH+](Cc2c(F)cccc2Cl)CC1. The van der Waals surface area contributed by atoms with Gasteiger partial charge in [-0.25, -0.2) is 12.8 Å². The second kappa shape index (κ2) is 7.60. The Balaban J connectivity index is 1.69. The third-order valence-corrected chi connectivity index (χ3v) is 7.13. The highest BCUT2D eigenvalue weighted by Gasteiger charge is 2.32. The van der Waals surface area contributed by atoms with Crippen molar-refractivity contribution < 1.29 is 17.7 Å². The molecule has 8 heteroatoms. The molecule has 4 nitrogen and oxygen atoms in total. The lowest BCUT2D eigenvalue weighted by molar-refractivity contribution is -0.917. The quantitative estimate of drug-likeness (QED) is 0.850. The molecular formula is C17H18Cl2FN2O2S+. The van der Waals surface area contributed by atoms with Crippen molar-refractivity contribution in [2.45, 2.75) is 11.4 Å². The van der Waals surface area contributed by atoms with E-state index in [1.807, 2.05) is 0 Å². The molecule has 0 bridgehead atoms. The third kappa shape index (κ3) is 3.99. The van der Waals surface area contributed by atoms with E-state index in [4.69, 9.17) is 23.2 Å². The second-order valence-electron chi connectivity index (χ2n) is 5.96. The predicted molar refractivity (Wildman–Crippen MR) is 96.0 cm³/mol. The number of halogens is 3. The van der Waals surface area contributed by atoms with Gasteiger partial charge in [0, 0.05) is 0 Å². The summed E-state index contributed by atoms with van der Waals surface area (Å²) < 4.78 is 40.8. The Hall–Kier alpha value is -1.18. The molecule has 2 aromatic rings. The molecule has 2 aromatic carbocycles. The molecule has 0 unspecified atom stereocenters. The molecular weight excluding hydrogens is 386 g/mol. The fourth-order valence-corrected chi connectivity index (χ4v) is 5.13. The van der Waals surface area contributed by atoms with Gasteiger partial charge in [-0.1, -0.05) is 41.4 Å². The first-order valence-corrected chi connectivity index (χ1v) is 10.1. The van der Waals surface area contributed by atoms with Gasteiger partial charge in [0.25, 0.3) is 0 Å². The standard InChI is InChI=1S/C17H17Cl2FN2O2S/c18-14-5-3-6-16(20)13(14)12-21-8-10-22(11-9-21)25(23,24)17-7-2-1-4-15(17)19/h1-7H,8-12H2/p+1. The van der Waals surface area contributed by atoms with E-state index in [0.717, 1.165) is 4.90 Å². The van der Waals surface area contributed by atoms with Crippen LogP contribution in [0.3, 0.4) is 0 Å². The van der Waals surface area contributed by atoms with E-state index in [9.17, 15) is 12.8 Å². The average Bonchev–Trinajstić information content (AvgIpc) is 2.59. The first-order chi connectivity index (χ1) is 11.9. The van der Waals surface area contributed by atoms with Crippen LogP contribution >= 0.6 is 23.2 Å². The van der Waals surface area contributed by atoms with Crippen LogP contribution in [0.2, 0.25) is 10.0 Å². The molecule has 1 fully saturated rings. The van der Waals surface area contributed by atoms with Crippen molar-refractivity contribution in [3.05, 3.63) is 63.9 Å². The molecule has 134 valence electrons. The summed E-state index contributed by atoms with van der Waals surface area (Å²) >= 11 is 12.1. The summed E-state index contributed by atoms with van der Waals surface area (Å²) in [6.45, 7) is 2.30. The maximum atomic E-state index is 13.9. The van der Waals surface area contributed by atoms with Gasteiger partial charge in [-0.05, 0) is 24.3 Å². The smallest absolute Gasteiger partial charge is 0.244 e. The van der Waals surface area contributed by atoms with Crippen molar-refractivity contribution in [1.82, 2.24) is 4.31 Å². The van der Waals surface area contributed by atoms with E-state index in [1.54, 1.807) is 30.3 Å². The van der Waals surface area contributed by atoms with Crippen molar-refractivity contribution in [2.24, 2.45) is 0 Å². The van der Waals surface area contributed by atoms with Crippen LogP contribution in [-0.2, 0) is 16.6 Å². The minimum absolute atomic E-state index is 0.122. The summed E-state index contributed by atoms with van der Waals surface area (Å²) in [4.78, 5) is 1.22. The Morgan fingerprint density at radius 3 is 2.28 bits per heavy atom. The second-order valence-corrected chi connectivity index (χ2v) is 8.68. The Bertz CT molecular complexity index is 848. The van der Waals surface area contributed by atoms with Crippen LogP contribution in [0, 0.1) is 5.82 Å². The number of quaternary nitrogens is 1. The zero-order chi connectivity index (χ0) is 18.0. The maximum absolute atomic E-state index is 13.9. The Morgan fingerprint density at radius 1 is 1.00 bits per heavy atom. The first-order valence-electron chi connectivity index (χ1n) is 7.91. The normalized spacial score (nSPS) is 16.9. The van der Waals surface area contributed by atoms with Crippen molar-refractivity contribution in [1.29, 1.82) is 0 Å². The number of sulfonamides is 1. The highest BCUT2D eigenvalue weighted by molar-refractivity contribution is 7.89. The minimum atomic E-state index is -3.62. The van der Waals surface area contributed by atoms with Gasteiger partial charge >= 0.3 is 0 Å². The van der Waals surface area contributed by atoms with Gasteiger partial charge in [0.15, 0.2) is 0 Å². The van der Waals surface area contributed by atoms with E-state index in [1.165, 1.54) is 16.4 Å². The number of piperazine rings is 1. The highest BCUT2D eigenvalue weighted by atomic mass is 35.5. The summed E-state index contributed by atoms with van der Waals surface area (Å²) in [7, 11) is -3.62. The van der Waals surface area contributed by atoms with Crippen LogP contribution in [0.1, 0.15) is 5.56 Å². The van der Waals surface area contributed by atoms with Gasteiger partial charge in [-0.2, -0.15) is 4.31 Å². The van der Waals surface area contributed by atoms with Gasteiger partial charge in [0.05, 0.1) is 41.8 Å². The summed E-state index contributed by atoms with van der Waals surface area (Å²) in [5, 5.41) is 0.619. The molecule has 1 aliphatic rings.